The van der Waals surface area contributed by atoms with Gasteiger partial charge in [0.2, 0.25) is 0 Å². The number of benzene rings is 2. The number of nitriles is 2. The maximum atomic E-state index is 9.98. The molecule has 408 valence electrons. The van der Waals surface area contributed by atoms with Gasteiger partial charge < -0.3 is 59.1 Å². The standard InChI is InChI=1S/2C26H25N7O3.C4H4O4/c2*1-17-3-4-18(13-28-17)16-36-26-23(34-2)11-19(14-30-26)31-21-5-6-22-25(20(21)12-27)32-24(15-29-22)33-7-9-35-10-8-33;5-3(6)1-2-4(7)8/h2*3-6,11,13-15,31H,7-10,16H2,1-2H3;1-2H,(H,5,6)(H,7,8)/b;;2-1-. The number of aryl methyl sites for hydroxylation is 2. The zero-order chi connectivity index (χ0) is 56.4. The third kappa shape index (κ3) is 14.8. The molecule has 0 radical (unpaired) electrons. The molecule has 6 aromatic heterocycles. The van der Waals surface area contributed by atoms with E-state index in [9.17, 15) is 20.1 Å². The molecular formula is C56H54N14O10. The number of pyridine rings is 4. The van der Waals surface area contributed by atoms with Crippen LogP contribution >= 0.6 is 0 Å². The van der Waals surface area contributed by atoms with E-state index in [1.807, 2.05) is 62.4 Å². The summed E-state index contributed by atoms with van der Waals surface area (Å²) in [5.74, 6) is 0.607. The molecule has 2 fully saturated rings. The summed E-state index contributed by atoms with van der Waals surface area (Å²) in [7, 11) is 3.11. The Labute approximate surface area is 458 Å². The van der Waals surface area contributed by atoms with E-state index in [1.54, 1.807) is 63.5 Å². The minimum Gasteiger partial charge on any atom is -0.491 e. The molecule has 0 unspecified atom stereocenters. The summed E-state index contributed by atoms with van der Waals surface area (Å²) in [6.45, 7) is 10.0. The molecule has 0 aliphatic carbocycles. The molecule has 80 heavy (non-hydrogen) atoms. The van der Waals surface area contributed by atoms with E-state index < -0.39 is 11.9 Å². The number of carboxylic acid groups (broad SMARTS) is 2. The molecule has 8 aromatic rings. The normalized spacial score (nSPS) is 12.9. The Kier molecular flexibility index (Phi) is 19.0. The van der Waals surface area contributed by atoms with E-state index in [0.717, 1.165) is 60.3 Å². The Morgan fingerprint density at radius 1 is 0.588 bits per heavy atom. The molecule has 0 bridgehead atoms. The Morgan fingerprint density at radius 2 is 1.00 bits per heavy atom. The number of aliphatic carboxylic acids is 2. The summed E-state index contributed by atoms with van der Waals surface area (Å²) in [5, 5.41) is 42.1. The number of ether oxygens (including phenoxy) is 6. The van der Waals surface area contributed by atoms with Gasteiger partial charge in [0, 0.05) is 85.4 Å². The van der Waals surface area contributed by atoms with Crippen LogP contribution < -0.4 is 39.4 Å². The van der Waals surface area contributed by atoms with Gasteiger partial charge in [-0.05, 0) is 50.2 Å². The quantitative estimate of drug-likeness (QED) is 0.0692. The van der Waals surface area contributed by atoms with Crippen LogP contribution in [0.25, 0.3) is 22.1 Å². The molecule has 2 aliphatic rings. The fourth-order valence-corrected chi connectivity index (χ4v) is 7.90. The smallest absolute Gasteiger partial charge is 0.328 e. The summed E-state index contributed by atoms with van der Waals surface area (Å²) in [4.78, 5) is 59.3. The molecule has 4 N–H and O–H groups in total. The van der Waals surface area contributed by atoms with E-state index in [1.165, 1.54) is 0 Å². The molecule has 10 rings (SSSR count). The zero-order valence-electron chi connectivity index (χ0n) is 44.0. The van der Waals surface area contributed by atoms with Gasteiger partial charge >= 0.3 is 11.9 Å². The summed E-state index contributed by atoms with van der Waals surface area (Å²) in [6, 6.07) is 23.2. The summed E-state index contributed by atoms with van der Waals surface area (Å²) in [6.07, 6.45) is 11.4. The molecule has 0 saturated carbocycles. The first-order valence-electron chi connectivity index (χ1n) is 24.8. The summed E-state index contributed by atoms with van der Waals surface area (Å²) >= 11 is 0. The van der Waals surface area contributed by atoms with Crippen molar-refractivity contribution in [2.24, 2.45) is 0 Å². The Morgan fingerprint density at radius 3 is 1.35 bits per heavy atom. The predicted octanol–water partition coefficient (Wildman–Crippen LogP) is 7.25. The van der Waals surface area contributed by atoms with Gasteiger partial charge in [-0.15, -0.1) is 0 Å². The van der Waals surface area contributed by atoms with Crippen molar-refractivity contribution in [2.45, 2.75) is 27.1 Å². The van der Waals surface area contributed by atoms with Gasteiger partial charge in [-0.25, -0.2) is 29.5 Å². The number of hydrogen-bond acceptors (Lipinski definition) is 22. The average molecular weight is 1080 g/mol. The Hall–Kier alpha value is -10.3. The maximum absolute atomic E-state index is 9.98. The average Bonchev–Trinajstić information content (AvgIpc) is 3.55. The molecule has 24 heteroatoms. The number of fused-ring (bicyclic) bond motifs is 2. The van der Waals surface area contributed by atoms with E-state index in [-0.39, 0.29) is 0 Å². The maximum Gasteiger partial charge on any atom is 0.328 e. The SMILES string of the molecule is COc1cc(Nc2ccc3ncc(N4CCOCC4)nc3c2C#N)cnc1OCc1ccc(C)nc1.COc1cc(Nc2ccc3ncc(N4CCOCC4)nc3c2C#N)cnc1OCc1ccc(C)nc1.O=C(O)/C=C\C(=O)O. The second kappa shape index (κ2) is 27.1. The lowest BCUT2D eigenvalue weighted by molar-refractivity contribution is -0.134. The van der Waals surface area contributed by atoms with Gasteiger partial charge in [0.05, 0.1) is 99.2 Å². The molecule has 0 spiro atoms. The van der Waals surface area contributed by atoms with Crippen molar-refractivity contribution in [3.05, 3.63) is 144 Å². The Bertz CT molecular complexity index is 3350. The van der Waals surface area contributed by atoms with Gasteiger partial charge in [-0.1, -0.05) is 12.1 Å². The third-order valence-electron chi connectivity index (χ3n) is 12.0. The van der Waals surface area contributed by atoms with E-state index >= 15 is 0 Å². The van der Waals surface area contributed by atoms with Gasteiger partial charge in [0.1, 0.15) is 59.1 Å². The highest BCUT2D eigenvalue weighted by molar-refractivity contribution is 5.91. The summed E-state index contributed by atoms with van der Waals surface area (Å²) in [5.41, 5.74) is 9.42. The lowest BCUT2D eigenvalue weighted by atomic mass is 10.1. The first-order chi connectivity index (χ1) is 38.9. The molecule has 0 atom stereocenters. The van der Waals surface area contributed by atoms with Crippen molar-refractivity contribution < 1.29 is 48.2 Å². The molecule has 2 aliphatic heterocycles. The predicted molar refractivity (Wildman–Crippen MR) is 294 cm³/mol. The fraction of sp³-hybridized carbons (Fsp3) is 0.250. The first kappa shape index (κ1) is 55.9. The van der Waals surface area contributed by atoms with Crippen molar-refractivity contribution in [1.29, 1.82) is 10.5 Å². The van der Waals surface area contributed by atoms with E-state index in [4.69, 9.17) is 48.6 Å². The Balaban J connectivity index is 0.000000185. The van der Waals surface area contributed by atoms with Crippen LogP contribution in [0.3, 0.4) is 0 Å². The minimum atomic E-state index is -1.26. The van der Waals surface area contributed by atoms with Gasteiger partial charge in [0.25, 0.3) is 11.8 Å². The number of hydrogen-bond donors (Lipinski definition) is 4. The van der Waals surface area contributed by atoms with Gasteiger partial charge in [-0.3, -0.25) is 19.9 Å². The highest BCUT2D eigenvalue weighted by Crippen LogP contribution is 2.34. The molecule has 2 saturated heterocycles. The van der Waals surface area contributed by atoms with Crippen LogP contribution in [-0.4, -0.2) is 129 Å². The zero-order valence-corrected chi connectivity index (χ0v) is 44.0. The lowest BCUT2D eigenvalue weighted by Gasteiger charge is -2.27. The second-order valence-corrected chi connectivity index (χ2v) is 17.5. The molecular weight excluding hydrogens is 1030 g/mol. The number of nitrogens with one attached hydrogen (secondary N) is 2. The van der Waals surface area contributed by atoms with Crippen molar-refractivity contribution in [3.63, 3.8) is 0 Å². The topological polar surface area (TPSA) is 311 Å². The van der Waals surface area contributed by atoms with Crippen LogP contribution in [0.15, 0.2) is 110 Å². The lowest BCUT2D eigenvalue weighted by Crippen LogP contribution is -2.36. The molecule has 8 heterocycles. The van der Waals surface area contributed by atoms with Crippen molar-refractivity contribution >= 4 is 68.4 Å². The van der Waals surface area contributed by atoms with Crippen molar-refractivity contribution in [1.82, 2.24) is 39.9 Å². The van der Waals surface area contributed by atoms with Crippen molar-refractivity contribution in [3.8, 4) is 35.4 Å². The van der Waals surface area contributed by atoms with E-state index in [0.29, 0.717) is 131 Å². The number of rotatable bonds is 16. The number of carboxylic acids is 2. The highest BCUT2D eigenvalue weighted by atomic mass is 16.5. The van der Waals surface area contributed by atoms with Crippen LogP contribution in [0.2, 0.25) is 0 Å². The minimum absolute atomic E-state index is 0.316. The molecule has 2 aromatic carbocycles. The van der Waals surface area contributed by atoms with Crippen molar-refractivity contribution in [2.75, 3.05) is 87.3 Å². The number of morpholine rings is 2. The second-order valence-electron chi connectivity index (χ2n) is 17.5. The monoisotopic (exact) mass is 1080 g/mol. The largest absolute Gasteiger partial charge is 0.491 e. The van der Waals surface area contributed by atoms with Gasteiger partial charge in [0.15, 0.2) is 11.5 Å². The highest BCUT2D eigenvalue weighted by Gasteiger charge is 2.20. The number of anilines is 6. The summed E-state index contributed by atoms with van der Waals surface area (Å²) < 4.78 is 33.5. The van der Waals surface area contributed by atoms with Gasteiger partial charge in [-0.2, -0.15) is 10.5 Å². The molecule has 24 nitrogen and oxygen atoms in total. The number of methoxy groups -OCH3 is 2. The van der Waals surface area contributed by atoms with Crippen LogP contribution in [0.5, 0.6) is 23.3 Å². The fourth-order valence-electron chi connectivity index (χ4n) is 7.90. The van der Waals surface area contributed by atoms with Crippen LogP contribution in [-0.2, 0) is 32.3 Å². The number of carbonyl (C=O) groups is 2. The number of aromatic nitrogens is 8. The number of nitrogens with zero attached hydrogens (tertiary/aromatic N) is 12. The first-order valence-corrected chi connectivity index (χ1v) is 24.8. The van der Waals surface area contributed by atoms with E-state index in [2.05, 4.69) is 62.5 Å². The van der Waals surface area contributed by atoms with Crippen LogP contribution in [0, 0.1) is 36.5 Å². The van der Waals surface area contributed by atoms with Crippen LogP contribution in [0.4, 0.5) is 34.4 Å². The molecule has 0 amide bonds. The van der Waals surface area contributed by atoms with Crippen LogP contribution in [0.1, 0.15) is 33.6 Å². The third-order valence-corrected chi connectivity index (χ3v) is 12.0.